The van der Waals surface area contributed by atoms with Crippen molar-refractivity contribution in [2.45, 2.75) is 97.0 Å². The summed E-state index contributed by atoms with van der Waals surface area (Å²) < 4.78 is 35.1. The maximum absolute atomic E-state index is 12.9. The van der Waals surface area contributed by atoms with Crippen LogP contribution in [0.25, 0.3) is 0 Å². The minimum atomic E-state index is -1.50. The Hall–Kier alpha value is -2.40. The van der Waals surface area contributed by atoms with Crippen LogP contribution in [0.5, 0.6) is 0 Å². The van der Waals surface area contributed by atoms with Gasteiger partial charge in [0.25, 0.3) is 14.1 Å². The van der Waals surface area contributed by atoms with E-state index in [9.17, 15) is 14.4 Å². The number of hydrogen-bond acceptors (Lipinski definition) is 9. The Morgan fingerprint density at radius 1 is 1.20 bits per heavy atom. The normalized spacial score (nSPS) is 31.9. The summed E-state index contributed by atoms with van der Waals surface area (Å²) in [5, 5.41) is 0. The number of esters is 1. The van der Waals surface area contributed by atoms with Crippen LogP contribution in [0.4, 0.5) is 0 Å². The van der Waals surface area contributed by atoms with Gasteiger partial charge in [-0.2, -0.15) is 0 Å². The Labute approximate surface area is 241 Å². The van der Waals surface area contributed by atoms with E-state index in [1.165, 1.54) is 10.8 Å². The van der Waals surface area contributed by atoms with Crippen molar-refractivity contribution >= 4 is 14.5 Å². The van der Waals surface area contributed by atoms with Crippen LogP contribution in [0.3, 0.4) is 0 Å². The number of ether oxygens (including phenoxy) is 3. The second-order valence-electron chi connectivity index (χ2n) is 12.1. The van der Waals surface area contributed by atoms with Gasteiger partial charge in [-0.15, -0.1) is 0 Å². The van der Waals surface area contributed by atoms with E-state index in [4.69, 9.17) is 23.3 Å². The zero-order valence-corrected chi connectivity index (χ0v) is 25.4. The van der Waals surface area contributed by atoms with E-state index in [0.29, 0.717) is 12.0 Å². The fraction of sp³-hybridized carbons (Fsp3) is 0.621. The lowest BCUT2D eigenvalue weighted by molar-refractivity contribution is -0.178. The smallest absolute Gasteiger partial charge is 0.330 e. The molecule has 1 aromatic heterocycles. The van der Waals surface area contributed by atoms with Crippen molar-refractivity contribution in [2.75, 3.05) is 13.3 Å². The van der Waals surface area contributed by atoms with Gasteiger partial charge in [0.1, 0.15) is 17.8 Å². The van der Waals surface area contributed by atoms with Crippen LogP contribution in [-0.2, 0) is 33.7 Å². The van der Waals surface area contributed by atoms with Gasteiger partial charge < -0.3 is 23.3 Å². The predicted molar refractivity (Wildman–Crippen MR) is 152 cm³/mol. The number of carbonyl (C=O) groups is 1. The van der Waals surface area contributed by atoms with Crippen molar-refractivity contribution in [2.24, 2.45) is 5.41 Å². The molecular weight excluding hydrogens is 549 g/mol. The van der Waals surface area contributed by atoms with Crippen molar-refractivity contribution in [3.05, 3.63) is 68.5 Å². The molecule has 11 nitrogen and oxygen atoms in total. The molecule has 12 heteroatoms. The van der Waals surface area contributed by atoms with Crippen LogP contribution in [0.2, 0.25) is 0 Å². The Balaban J connectivity index is 1.45. The number of nitrogens with one attached hydrogen (secondary N) is 1. The molecule has 0 spiro atoms. The maximum Gasteiger partial charge on any atom is 0.330 e. The average Bonchev–Trinajstić information content (AvgIpc) is 3.62. The molecule has 7 atom stereocenters. The lowest BCUT2D eigenvalue weighted by atomic mass is 9.87. The molecular formula is C29H40N3O8P. The quantitative estimate of drug-likeness (QED) is 0.276. The first-order chi connectivity index (χ1) is 19.4. The van der Waals surface area contributed by atoms with Gasteiger partial charge in [0.05, 0.1) is 17.6 Å². The number of aryl methyl sites for hydroxylation is 1. The Kier molecular flexibility index (Phi) is 8.58. The number of fused-ring (bicyclic) bond motifs is 1. The molecule has 0 aliphatic carbocycles. The Bertz CT molecular complexity index is 1360. The lowest BCUT2D eigenvalue weighted by Crippen LogP contribution is -2.41. The van der Waals surface area contributed by atoms with Crippen LogP contribution in [0.15, 0.2) is 46.1 Å². The van der Waals surface area contributed by atoms with Crippen LogP contribution >= 0.6 is 8.53 Å². The van der Waals surface area contributed by atoms with Crippen LogP contribution in [0.1, 0.15) is 71.2 Å². The summed E-state index contributed by atoms with van der Waals surface area (Å²) in [6.45, 7) is 11.5. The molecule has 0 saturated carbocycles. The number of rotatable bonds is 8. The number of nitrogens with zero attached hydrogens (tertiary/aromatic N) is 2. The molecule has 3 aliphatic rings. The van der Waals surface area contributed by atoms with Gasteiger partial charge in [-0.25, -0.2) is 9.46 Å². The first-order valence-electron chi connectivity index (χ1n) is 14.2. The summed E-state index contributed by atoms with van der Waals surface area (Å²) >= 11 is 0. The molecule has 41 heavy (non-hydrogen) atoms. The summed E-state index contributed by atoms with van der Waals surface area (Å²) in [4.78, 5) is 39.8. The van der Waals surface area contributed by atoms with E-state index in [-0.39, 0.29) is 12.8 Å². The SMILES string of the molecule is CC[C@H]1O[C@@H](n2cc(C)c(=O)[nH]c2=O)C(OCOC(=O)C(C)(C)C)[C@H]1O[P@]1O[C@@](C)(c2ccccc2)[C@H]2CCCN21. The predicted octanol–water partition coefficient (Wildman–Crippen LogP) is 4.11. The maximum atomic E-state index is 12.9. The number of hydrogen-bond donors (Lipinski definition) is 1. The average molecular weight is 590 g/mol. The van der Waals surface area contributed by atoms with Crippen molar-refractivity contribution < 1.29 is 28.1 Å². The van der Waals surface area contributed by atoms with Crippen molar-refractivity contribution in [1.29, 1.82) is 0 Å². The highest BCUT2D eigenvalue weighted by molar-refractivity contribution is 7.45. The van der Waals surface area contributed by atoms with Gasteiger partial charge in [0.2, 0.25) is 0 Å². The number of aromatic nitrogens is 2. The minimum Gasteiger partial charge on any atom is -0.438 e. The fourth-order valence-corrected chi connectivity index (χ4v) is 7.86. The van der Waals surface area contributed by atoms with Crippen LogP contribution in [0, 0.1) is 12.3 Å². The van der Waals surface area contributed by atoms with Gasteiger partial charge in [0, 0.05) is 18.3 Å². The first kappa shape index (κ1) is 30.1. The lowest BCUT2D eigenvalue weighted by Gasteiger charge is -2.30. The molecule has 0 radical (unpaired) electrons. The van der Waals surface area contributed by atoms with Gasteiger partial charge in [-0.05, 0) is 59.4 Å². The van der Waals surface area contributed by atoms with Gasteiger partial charge in [-0.3, -0.25) is 19.1 Å². The number of aromatic amines is 1. The Morgan fingerprint density at radius 2 is 1.93 bits per heavy atom. The minimum absolute atomic E-state index is 0.158. The molecule has 5 rings (SSSR count). The number of H-pyrrole nitrogens is 1. The number of carbonyl (C=O) groups excluding carboxylic acids is 1. The summed E-state index contributed by atoms with van der Waals surface area (Å²) in [7, 11) is -1.50. The molecule has 3 aliphatic heterocycles. The van der Waals surface area contributed by atoms with Gasteiger partial charge in [0.15, 0.2) is 13.0 Å². The standard InChI is InChI=1S/C29H40N3O8P/c1-7-20-22(39-41-32-15-11-14-21(32)29(6,40-41)19-12-9-8-10-13-19)23(36-17-37-26(34)28(3,4)5)25(38-20)31-16-18(2)24(33)30-27(31)35/h8-10,12-13,16,20-23,25H,7,11,14-15,17H2,1-6H3,(H,30,33,35)/t20-,21-,22+,23?,25-,29+,41-/m1/s1. The van der Waals surface area contributed by atoms with Crippen molar-refractivity contribution in [3.63, 3.8) is 0 Å². The molecule has 1 aromatic carbocycles. The monoisotopic (exact) mass is 589 g/mol. The second-order valence-corrected chi connectivity index (χ2v) is 13.5. The topological polar surface area (TPSA) is 121 Å². The van der Waals surface area contributed by atoms with Crippen LogP contribution in [-0.4, -0.2) is 57.9 Å². The molecule has 4 heterocycles. The van der Waals surface area contributed by atoms with E-state index < -0.39 is 61.3 Å². The third kappa shape index (κ3) is 5.81. The summed E-state index contributed by atoms with van der Waals surface area (Å²) in [6, 6.07) is 10.3. The van der Waals surface area contributed by atoms with Gasteiger partial charge in [-0.1, -0.05) is 37.3 Å². The summed E-state index contributed by atoms with van der Waals surface area (Å²) in [5.74, 6) is -0.420. The van der Waals surface area contributed by atoms with E-state index in [0.717, 1.165) is 24.9 Å². The summed E-state index contributed by atoms with van der Waals surface area (Å²) in [6.07, 6.45) is 1.22. The second kappa shape index (κ2) is 11.7. The zero-order chi connectivity index (χ0) is 29.5. The highest BCUT2D eigenvalue weighted by Crippen LogP contribution is 2.64. The van der Waals surface area contributed by atoms with E-state index in [2.05, 4.69) is 28.7 Å². The largest absolute Gasteiger partial charge is 0.438 e. The van der Waals surface area contributed by atoms with Crippen molar-refractivity contribution in [1.82, 2.24) is 14.2 Å². The Morgan fingerprint density at radius 3 is 2.61 bits per heavy atom. The fourth-order valence-electron chi connectivity index (χ4n) is 5.71. The highest BCUT2D eigenvalue weighted by atomic mass is 31.2. The van der Waals surface area contributed by atoms with E-state index in [1.807, 2.05) is 25.1 Å². The third-order valence-electron chi connectivity index (χ3n) is 8.07. The highest BCUT2D eigenvalue weighted by Gasteiger charge is 2.57. The molecule has 0 bridgehead atoms. The molecule has 1 N–H and O–H groups in total. The van der Waals surface area contributed by atoms with Crippen molar-refractivity contribution in [3.8, 4) is 0 Å². The number of benzene rings is 1. The molecule has 224 valence electrons. The summed E-state index contributed by atoms with van der Waals surface area (Å²) in [5.41, 5.74) is -0.905. The zero-order valence-electron chi connectivity index (χ0n) is 24.5. The molecule has 2 aromatic rings. The van der Waals surface area contributed by atoms with E-state index in [1.54, 1.807) is 27.7 Å². The molecule has 1 unspecified atom stereocenters. The van der Waals surface area contributed by atoms with Gasteiger partial charge >= 0.3 is 11.7 Å². The first-order valence-corrected chi connectivity index (χ1v) is 15.3. The molecule has 3 saturated heterocycles. The molecule has 0 amide bonds. The van der Waals surface area contributed by atoms with Crippen LogP contribution < -0.4 is 11.2 Å². The molecule has 3 fully saturated rings. The third-order valence-corrected chi connectivity index (χ3v) is 9.93. The van der Waals surface area contributed by atoms with E-state index >= 15 is 0 Å².